The number of nitrogens with zero attached hydrogens (tertiary/aromatic N) is 3. The number of imide groups is 1. The van der Waals surface area contributed by atoms with Crippen molar-refractivity contribution in [1.82, 2.24) is 0 Å². The van der Waals surface area contributed by atoms with E-state index in [0.717, 1.165) is 27.4 Å². The van der Waals surface area contributed by atoms with Gasteiger partial charge in [0.05, 0.1) is 22.9 Å². The summed E-state index contributed by atoms with van der Waals surface area (Å²) in [4.78, 5) is 47.3. The second-order valence-corrected chi connectivity index (χ2v) is 10.6. The van der Waals surface area contributed by atoms with E-state index in [-0.39, 0.29) is 11.6 Å². The summed E-state index contributed by atoms with van der Waals surface area (Å²) in [5.41, 5.74) is 2.05. The number of nitro groups is 1. The minimum absolute atomic E-state index is 0.0166. The van der Waals surface area contributed by atoms with Crippen molar-refractivity contribution in [2.45, 2.75) is 25.5 Å². The monoisotopic (exact) mass is 555 g/mol. The minimum Gasteiger partial charge on any atom is -0.494 e. The Labute approximate surface area is 234 Å². The number of non-ortho nitro benzene ring substituents is 1. The number of fused-ring (bicyclic) bond motifs is 1. The van der Waals surface area contributed by atoms with Gasteiger partial charge in [0, 0.05) is 21.9 Å². The van der Waals surface area contributed by atoms with Crippen LogP contribution in [0.25, 0.3) is 10.4 Å². The third-order valence-corrected chi connectivity index (χ3v) is 8.18. The number of anilines is 2. The number of rotatable bonds is 8. The molecule has 4 aromatic rings. The number of thiophene rings is 1. The molecule has 0 bridgehead atoms. The van der Waals surface area contributed by atoms with Crippen molar-refractivity contribution in [2.75, 3.05) is 16.6 Å². The standard InChI is InChI=1S/C30H25N3O6S/c1-2-18-38-23-14-12-20(13-15-23)31-29(34)26-27(32(39-28(26)30(31)35)21-6-4-3-5-7-21)25-17-16-24(40-25)19-8-10-22(11-9-19)33(36)37/h3-17,26-28H,2,18H2,1H3/t26-,27+,28-/m1/s1. The highest BCUT2D eigenvalue weighted by Crippen LogP contribution is 2.50. The van der Waals surface area contributed by atoms with Gasteiger partial charge in [0.1, 0.15) is 17.7 Å². The van der Waals surface area contributed by atoms with E-state index in [4.69, 9.17) is 9.57 Å². The SMILES string of the molecule is CCCOc1ccc(N2C(=O)[C@H]3[C@@H](ON(c4ccccc4)[C@H]3c3ccc(-c4ccc([N+](=O)[O-])cc4)s3)C2=O)cc1. The Morgan fingerprint density at radius 1 is 0.900 bits per heavy atom. The fourth-order valence-electron chi connectivity index (χ4n) is 5.08. The third kappa shape index (κ3) is 4.51. The zero-order valence-corrected chi connectivity index (χ0v) is 22.3. The van der Waals surface area contributed by atoms with Gasteiger partial charge in [-0.15, -0.1) is 11.3 Å². The van der Waals surface area contributed by atoms with Gasteiger partial charge in [0.2, 0.25) is 5.91 Å². The summed E-state index contributed by atoms with van der Waals surface area (Å²) >= 11 is 1.46. The Morgan fingerprint density at radius 2 is 1.62 bits per heavy atom. The molecule has 9 nitrogen and oxygen atoms in total. The summed E-state index contributed by atoms with van der Waals surface area (Å²) in [6.45, 7) is 2.60. The van der Waals surface area contributed by atoms with Gasteiger partial charge >= 0.3 is 0 Å². The maximum absolute atomic E-state index is 13.9. The zero-order valence-electron chi connectivity index (χ0n) is 21.5. The molecule has 3 heterocycles. The molecule has 0 aliphatic carbocycles. The number of hydrogen-bond donors (Lipinski definition) is 0. The second kappa shape index (κ2) is 10.6. The Hall–Kier alpha value is -4.54. The topological polar surface area (TPSA) is 102 Å². The number of carbonyl (C=O) groups excluding carboxylic acids is 2. The molecular weight excluding hydrogens is 530 g/mol. The van der Waals surface area contributed by atoms with Crippen LogP contribution < -0.4 is 14.7 Å². The summed E-state index contributed by atoms with van der Waals surface area (Å²) in [5.74, 6) is -0.822. The number of para-hydroxylation sites is 1. The van der Waals surface area contributed by atoms with Gasteiger partial charge in [-0.3, -0.25) is 24.5 Å². The smallest absolute Gasteiger partial charge is 0.269 e. The quantitative estimate of drug-likeness (QED) is 0.146. The first-order valence-corrected chi connectivity index (χ1v) is 13.7. The summed E-state index contributed by atoms with van der Waals surface area (Å²) < 4.78 is 5.64. The lowest BCUT2D eigenvalue weighted by molar-refractivity contribution is -0.384. The molecule has 0 radical (unpaired) electrons. The number of carbonyl (C=O) groups is 2. The van der Waals surface area contributed by atoms with Crippen molar-refractivity contribution in [2.24, 2.45) is 5.92 Å². The maximum atomic E-state index is 13.9. The third-order valence-electron chi connectivity index (χ3n) is 6.97. The number of nitro benzene ring substituents is 1. The number of ether oxygens (including phenoxy) is 1. The lowest BCUT2D eigenvalue weighted by atomic mass is 9.95. The predicted molar refractivity (Wildman–Crippen MR) is 151 cm³/mol. The molecule has 2 amide bonds. The van der Waals surface area contributed by atoms with E-state index in [2.05, 4.69) is 0 Å². The highest BCUT2D eigenvalue weighted by atomic mass is 32.1. The zero-order chi connectivity index (χ0) is 27.8. The molecule has 10 heteroatoms. The normalized spacial score (nSPS) is 20.2. The molecule has 40 heavy (non-hydrogen) atoms. The van der Waals surface area contributed by atoms with Gasteiger partial charge in [-0.05, 0) is 72.6 Å². The molecule has 2 aliphatic heterocycles. The van der Waals surface area contributed by atoms with Crippen molar-refractivity contribution in [3.63, 3.8) is 0 Å². The fraction of sp³-hybridized carbons (Fsp3) is 0.200. The van der Waals surface area contributed by atoms with E-state index in [1.165, 1.54) is 28.4 Å². The van der Waals surface area contributed by atoms with Crippen LogP contribution in [0, 0.1) is 16.0 Å². The van der Waals surface area contributed by atoms with E-state index < -0.39 is 28.9 Å². The van der Waals surface area contributed by atoms with Crippen molar-refractivity contribution in [3.8, 4) is 16.2 Å². The van der Waals surface area contributed by atoms with E-state index in [1.54, 1.807) is 41.5 Å². The Bertz CT molecular complexity index is 1550. The van der Waals surface area contributed by atoms with E-state index in [9.17, 15) is 19.7 Å². The van der Waals surface area contributed by atoms with Gasteiger partial charge in [-0.1, -0.05) is 25.1 Å². The molecule has 3 atom stereocenters. The number of amides is 2. The molecule has 2 saturated heterocycles. The van der Waals surface area contributed by atoms with Gasteiger partial charge < -0.3 is 4.74 Å². The highest BCUT2D eigenvalue weighted by Gasteiger charge is 2.60. The number of hydroxylamine groups is 1. The fourth-order valence-corrected chi connectivity index (χ4v) is 6.23. The average molecular weight is 556 g/mol. The van der Waals surface area contributed by atoms with Crippen molar-refractivity contribution < 1.29 is 24.1 Å². The molecule has 0 unspecified atom stereocenters. The Morgan fingerprint density at radius 3 is 2.30 bits per heavy atom. The first-order chi connectivity index (χ1) is 19.5. The van der Waals surface area contributed by atoms with Crippen molar-refractivity contribution in [1.29, 1.82) is 0 Å². The lowest BCUT2D eigenvalue weighted by Gasteiger charge is -2.27. The van der Waals surface area contributed by atoms with Crippen LogP contribution in [0.1, 0.15) is 24.3 Å². The van der Waals surface area contributed by atoms with Crippen molar-refractivity contribution >= 4 is 40.2 Å². The summed E-state index contributed by atoms with van der Waals surface area (Å²) in [7, 11) is 0. The van der Waals surface area contributed by atoms with E-state index in [0.29, 0.717) is 18.0 Å². The molecule has 202 valence electrons. The first-order valence-electron chi connectivity index (χ1n) is 12.9. The molecule has 6 rings (SSSR count). The van der Waals surface area contributed by atoms with Crippen LogP contribution in [0.2, 0.25) is 0 Å². The predicted octanol–water partition coefficient (Wildman–Crippen LogP) is 6.16. The van der Waals surface area contributed by atoms with Crippen LogP contribution in [0.15, 0.2) is 91.0 Å². The number of benzene rings is 3. The molecule has 2 aliphatic rings. The summed E-state index contributed by atoms with van der Waals surface area (Å²) in [5, 5.41) is 12.7. The largest absolute Gasteiger partial charge is 0.494 e. The summed E-state index contributed by atoms with van der Waals surface area (Å²) in [6, 6.07) is 26.0. The molecule has 0 N–H and O–H groups in total. The van der Waals surface area contributed by atoms with Crippen LogP contribution in [0.4, 0.5) is 17.1 Å². The van der Waals surface area contributed by atoms with Gasteiger partial charge in [-0.25, -0.2) is 9.96 Å². The number of hydrogen-bond acceptors (Lipinski definition) is 8. The van der Waals surface area contributed by atoms with Gasteiger partial charge in [-0.2, -0.15) is 0 Å². The van der Waals surface area contributed by atoms with Crippen LogP contribution >= 0.6 is 11.3 Å². The Kier molecular flexibility index (Phi) is 6.79. The minimum atomic E-state index is -0.973. The molecular formula is C30H25N3O6S. The highest BCUT2D eigenvalue weighted by molar-refractivity contribution is 7.15. The van der Waals surface area contributed by atoms with E-state index >= 15 is 0 Å². The van der Waals surface area contributed by atoms with Crippen LogP contribution in [0.3, 0.4) is 0 Å². The molecule has 0 spiro atoms. The molecule has 1 aromatic heterocycles. The van der Waals surface area contributed by atoms with Gasteiger partial charge in [0.15, 0.2) is 6.10 Å². The van der Waals surface area contributed by atoms with Crippen LogP contribution in [0.5, 0.6) is 5.75 Å². The maximum Gasteiger partial charge on any atom is 0.269 e. The van der Waals surface area contributed by atoms with Crippen LogP contribution in [-0.4, -0.2) is 29.4 Å². The Balaban J connectivity index is 1.34. The van der Waals surface area contributed by atoms with Gasteiger partial charge in [0.25, 0.3) is 11.6 Å². The second-order valence-electron chi connectivity index (χ2n) is 9.52. The molecule has 3 aromatic carbocycles. The average Bonchev–Trinajstić information content (AvgIpc) is 3.68. The molecule has 2 fully saturated rings. The summed E-state index contributed by atoms with van der Waals surface area (Å²) in [6.07, 6.45) is -0.0990. The van der Waals surface area contributed by atoms with Crippen molar-refractivity contribution in [3.05, 3.63) is 106 Å². The first kappa shape index (κ1) is 25.7. The molecule has 0 saturated carbocycles. The lowest BCUT2D eigenvalue weighted by Crippen LogP contribution is -2.37. The van der Waals surface area contributed by atoms with Crippen LogP contribution in [-0.2, 0) is 14.4 Å². The van der Waals surface area contributed by atoms with E-state index in [1.807, 2.05) is 49.4 Å².